The number of hydrogen-bond donors (Lipinski definition) is 3. The maximum atomic E-state index is 13.7. The second kappa shape index (κ2) is 17.1. The minimum absolute atomic E-state index is 0.0312. The number of phenolic OH excluding ortho intramolecular Hbond substituents is 1. The second-order valence-electron chi connectivity index (χ2n) is 11.8. The number of unbranched alkanes of at least 4 members (excludes halogenated alkanes) is 2. The van der Waals surface area contributed by atoms with Gasteiger partial charge in [-0.15, -0.1) is 11.8 Å². The van der Waals surface area contributed by atoms with Gasteiger partial charge in [-0.1, -0.05) is 62.0 Å². The van der Waals surface area contributed by atoms with Gasteiger partial charge in [0.2, 0.25) is 5.76 Å². The lowest BCUT2D eigenvalue weighted by molar-refractivity contribution is -0.137. The van der Waals surface area contributed by atoms with Crippen LogP contribution >= 0.6 is 24.0 Å². The SMILES string of the molecule is CCCc1c(SCCCC/C=C\C=C\C(c2c(C(=O)O)oc3c(c2=O)C=CC(=S)C3)[C@H](O)c2cccc(C(F)(F)F)c2)ccc(C(C)=O)c1O. The van der Waals surface area contributed by atoms with Crippen molar-refractivity contribution in [1.29, 1.82) is 0 Å². The number of carboxylic acids is 1. The van der Waals surface area contributed by atoms with Crippen molar-refractivity contribution in [3.8, 4) is 5.75 Å². The Balaban J connectivity index is 1.53. The number of phenols is 1. The highest BCUT2D eigenvalue weighted by molar-refractivity contribution is 7.99. The number of allylic oxidation sites excluding steroid dienone is 4. The average molecular weight is 727 g/mol. The van der Waals surface area contributed by atoms with Crippen LogP contribution in [0.1, 0.15) is 106 Å². The van der Waals surface area contributed by atoms with Crippen molar-refractivity contribution in [2.45, 2.75) is 75.5 Å². The van der Waals surface area contributed by atoms with Crippen LogP contribution in [0.5, 0.6) is 5.75 Å². The number of fused-ring (bicyclic) bond motifs is 1. The maximum Gasteiger partial charge on any atom is 0.416 e. The van der Waals surface area contributed by atoms with E-state index >= 15 is 0 Å². The van der Waals surface area contributed by atoms with E-state index in [4.69, 9.17) is 16.6 Å². The van der Waals surface area contributed by atoms with Crippen molar-refractivity contribution in [3.05, 3.63) is 122 Å². The summed E-state index contributed by atoms with van der Waals surface area (Å²) in [5, 5.41) is 32.0. The maximum absolute atomic E-state index is 13.7. The third-order valence-electron chi connectivity index (χ3n) is 8.16. The number of hydrogen-bond acceptors (Lipinski definition) is 8. The number of alkyl halides is 3. The van der Waals surface area contributed by atoms with Gasteiger partial charge >= 0.3 is 12.1 Å². The fourth-order valence-corrected chi connectivity index (χ4v) is 6.97. The molecule has 7 nitrogen and oxygen atoms in total. The van der Waals surface area contributed by atoms with Crippen LogP contribution in [0.3, 0.4) is 0 Å². The van der Waals surface area contributed by atoms with Crippen LogP contribution in [0.15, 0.2) is 80.9 Å². The smallest absolute Gasteiger partial charge is 0.416 e. The Morgan fingerprint density at radius 2 is 1.88 bits per heavy atom. The average Bonchev–Trinajstić information content (AvgIpc) is 3.06. The van der Waals surface area contributed by atoms with E-state index < -0.39 is 46.5 Å². The van der Waals surface area contributed by atoms with Crippen molar-refractivity contribution >= 4 is 46.7 Å². The van der Waals surface area contributed by atoms with E-state index in [2.05, 4.69) is 0 Å². The lowest BCUT2D eigenvalue weighted by Gasteiger charge is -2.23. The number of thioether (sulfide) groups is 1. The van der Waals surface area contributed by atoms with E-state index in [1.165, 1.54) is 37.3 Å². The Morgan fingerprint density at radius 3 is 2.56 bits per heavy atom. The minimum atomic E-state index is -4.69. The van der Waals surface area contributed by atoms with E-state index in [0.29, 0.717) is 23.3 Å². The van der Waals surface area contributed by atoms with Crippen molar-refractivity contribution in [2.75, 3.05) is 5.75 Å². The van der Waals surface area contributed by atoms with Gasteiger partial charge in [0.05, 0.1) is 28.4 Å². The van der Waals surface area contributed by atoms with Gasteiger partial charge in [-0.2, -0.15) is 13.2 Å². The third kappa shape index (κ3) is 9.29. The minimum Gasteiger partial charge on any atom is -0.507 e. The highest BCUT2D eigenvalue weighted by atomic mass is 32.2. The number of thiocarbonyl (C=S) groups is 1. The molecule has 4 rings (SSSR count). The first-order valence-corrected chi connectivity index (χ1v) is 17.4. The summed E-state index contributed by atoms with van der Waals surface area (Å²) in [7, 11) is 0. The summed E-state index contributed by atoms with van der Waals surface area (Å²) in [6, 6.07) is 7.53. The predicted molar refractivity (Wildman–Crippen MR) is 191 cm³/mol. The molecule has 1 aliphatic rings. The number of rotatable bonds is 15. The van der Waals surface area contributed by atoms with E-state index in [1.807, 2.05) is 19.1 Å². The van der Waals surface area contributed by atoms with Crippen LogP contribution in [-0.4, -0.2) is 37.7 Å². The topological polar surface area (TPSA) is 125 Å². The van der Waals surface area contributed by atoms with Crippen LogP contribution in [0, 0.1) is 0 Å². The van der Waals surface area contributed by atoms with Gasteiger partial charge in [-0.3, -0.25) is 9.59 Å². The highest BCUT2D eigenvalue weighted by Crippen LogP contribution is 2.38. The Hall–Kier alpha value is -4.26. The van der Waals surface area contributed by atoms with Gasteiger partial charge in [-0.05, 0) is 80.3 Å². The molecule has 1 aromatic heterocycles. The summed E-state index contributed by atoms with van der Waals surface area (Å²) < 4.78 is 46.2. The lowest BCUT2D eigenvalue weighted by atomic mass is 9.85. The number of benzene rings is 2. The van der Waals surface area contributed by atoms with Crippen LogP contribution in [0.25, 0.3) is 6.08 Å². The van der Waals surface area contributed by atoms with E-state index in [-0.39, 0.29) is 34.8 Å². The van der Waals surface area contributed by atoms with Gasteiger partial charge in [0.25, 0.3) is 0 Å². The Kier molecular flexibility index (Phi) is 13.2. The normalized spacial score (nSPS) is 14.3. The molecule has 1 unspecified atom stereocenters. The molecule has 1 heterocycles. The van der Waals surface area contributed by atoms with Crippen LogP contribution in [0.4, 0.5) is 13.2 Å². The summed E-state index contributed by atoms with van der Waals surface area (Å²) in [6.07, 6.45) is 6.72. The van der Waals surface area contributed by atoms with E-state index in [9.17, 15) is 42.9 Å². The molecular formula is C38H37F3O7S2. The van der Waals surface area contributed by atoms with Gasteiger partial charge in [0.1, 0.15) is 11.5 Å². The highest BCUT2D eigenvalue weighted by Gasteiger charge is 2.35. The standard InChI is InChI=1S/C38H37F3O7S2/c1-3-11-28-31(18-17-26(22(2)42)34(28)44)50-19-9-7-5-4-6-8-14-29(33(43)23-12-10-13-24(20-23)38(39,40)41)32-35(45)27-16-15-25(49)21-30(27)48-36(32)37(46)47/h4,6,8,10,12-18,20,29,33,43-44H,3,5,7,9,11,19,21H2,1-2H3,(H,46,47)/b6-4-,14-8+/t29?,33-/m1/s1. The zero-order valence-corrected chi connectivity index (χ0v) is 29.1. The molecule has 1 aliphatic carbocycles. The Bertz CT molecular complexity index is 1910. The molecule has 0 radical (unpaired) electrons. The van der Waals surface area contributed by atoms with Crippen molar-refractivity contribution in [1.82, 2.24) is 0 Å². The number of aromatic hydroxyl groups is 1. The lowest BCUT2D eigenvalue weighted by Crippen LogP contribution is -2.26. The molecule has 0 spiro atoms. The van der Waals surface area contributed by atoms with Crippen LogP contribution in [0.2, 0.25) is 0 Å². The first kappa shape index (κ1) is 38.5. The quantitative estimate of drug-likeness (QED) is 0.0463. The molecule has 0 fully saturated rings. The molecule has 0 aliphatic heterocycles. The van der Waals surface area contributed by atoms with Gasteiger partial charge < -0.3 is 19.7 Å². The summed E-state index contributed by atoms with van der Waals surface area (Å²) in [6.45, 7) is 3.43. The van der Waals surface area contributed by atoms with E-state index in [1.54, 1.807) is 23.9 Å². The van der Waals surface area contributed by atoms with Crippen molar-refractivity contribution in [3.63, 3.8) is 0 Å². The Labute approximate surface area is 297 Å². The largest absolute Gasteiger partial charge is 0.507 e. The third-order valence-corrected chi connectivity index (χ3v) is 9.63. The fraction of sp³-hybridized carbons (Fsp3) is 0.316. The van der Waals surface area contributed by atoms with Gasteiger partial charge in [0, 0.05) is 27.7 Å². The molecule has 50 heavy (non-hydrogen) atoms. The zero-order chi connectivity index (χ0) is 36.6. The summed E-state index contributed by atoms with van der Waals surface area (Å²) in [5.74, 6) is -2.99. The monoisotopic (exact) mass is 726 g/mol. The number of aliphatic hydroxyl groups excluding tert-OH is 1. The molecule has 264 valence electrons. The van der Waals surface area contributed by atoms with E-state index in [0.717, 1.165) is 53.7 Å². The van der Waals surface area contributed by atoms with Crippen LogP contribution < -0.4 is 5.43 Å². The number of halogens is 3. The molecule has 0 saturated carbocycles. The number of carbonyl (C=O) groups is 2. The number of Topliss-reactive ketones (excluding diaryl/α,β-unsaturated/α-hetero) is 1. The predicted octanol–water partition coefficient (Wildman–Crippen LogP) is 9.05. The molecule has 2 atom stereocenters. The first-order chi connectivity index (χ1) is 23.7. The molecule has 3 N–H and O–H groups in total. The van der Waals surface area contributed by atoms with Crippen molar-refractivity contribution in [2.24, 2.45) is 0 Å². The summed E-state index contributed by atoms with van der Waals surface area (Å²) in [4.78, 5) is 39.2. The number of carbonyl (C=O) groups excluding carboxylic acids is 1. The second-order valence-corrected chi connectivity index (χ2v) is 13.4. The van der Waals surface area contributed by atoms with Crippen LogP contribution in [-0.2, 0) is 19.0 Å². The molecule has 0 amide bonds. The van der Waals surface area contributed by atoms with Gasteiger partial charge in [-0.25, -0.2) is 4.79 Å². The number of carboxylic acid groups (broad SMARTS) is 1. The Morgan fingerprint density at radius 1 is 1.12 bits per heavy atom. The number of aliphatic hydroxyl groups is 1. The van der Waals surface area contributed by atoms with Gasteiger partial charge in [0.15, 0.2) is 11.2 Å². The summed E-state index contributed by atoms with van der Waals surface area (Å²) >= 11 is 6.77. The molecule has 0 bridgehead atoms. The molecular weight excluding hydrogens is 690 g/mol. The summed E-state index contributed by atoms with van der Waals surface area (Å²) in [5.41, 5.74) is -1.14. The van der Waals surface area contributed by atoms with Crippen molar-refractivity contribution < 1.29 is 42.5 Å². The molecule has 0 saturated heterocycles. The zero-order valence-electron chi connectivity index (χ0n) is 27.5. The number of ketones is 1. The fourth-order valence-electron chi connectivity index (χ4n) is 5.66. The first-order valence-electron chi connectivity index (χ1n) is 16.1. The number of aromatic carboxylic acids is 1. The molecule has 2 aromatic carbocycles. The molecule has 3 aromatic rings. The molecule has 12 heteroatoms.